The smallest absolute Gasteiger partial charge is 0.141 e. The minimum Gasteiger partial charge on any atom is -0.506 e. The summed E-state index contributed by atoms with van der Waals surface area (Å²) in [6.07, 6.45) is 3.82. The highest BCUT2D eigenvalue weighted by atomic mass is 16.3. The number of benzene rings is 2. The first-order valence-corrected chi connectivity index (χ1v) is 7.98. The molecule has 122 valence electrons. The average Bonchev–Trinajstić information content (AvgIpc) is 2.62. The third-order valence-corrected chi connectivity index (χ3v) is 4.16. The van der Waals surface area contributed by atoms with Crippen molar-refractivity contribution in [3.8, 4) is 11.5 Å². The lowest BCUT2D eigenvalue weighted by molar-refractivity contribution is 0.480. The van der Waals surface area contributed by atoms with Crippen LogP contribution in [0.5, 0.6) is 11.5 Å². The summed E-state index contributed by atoms with van der Waals surface area (Å²) in [5, 5.41) is 21.8. The summed E-state index contributed by atoms with van der Waals surface area (Å²) in [6, 6.07) is 16.6. The highest BCUT2D eigenvalue weighted by molar-refractivity contribution is 5.94. The molecule has 0 amide bonds. The van der Waals surface area contributed by atoms with E-state index < -0.39 is 0 Å². The molecule has 4 aromatic rings. The number of hydrogen-bond donors (Lipinski definition) is 2. The SMILES string of the molecule is Cc1ccc2c(C=Cc3ccc4cccc(O)c4n3)ccc(O)c2n1. The quantitative estimate of drug-likeness (QED) is 0.561. The van der Waals surface area contributed by atoms with Gasteiger partial charge in [-0.25, -0.2) is 9.97 Å². The molecule has 4 rings (SSSR count). The second-order valence-corrected chi connectivity index (χ2v) is 5.94. The van der Waals surface area contributed by atoms with Crippen LogP contribution in [0.1, 0.15) is 17.0 Å². The van der Waals surface area contributed by atoms with E-state index in [9.17, 15) is 10.2 Å². The zero-order chi connectivity index (χ0) is 17.4. The van der Waals surface area contributed by atoms with E-state index in [4.69, 9.17) is 0 Å². The molecule has 0 aliphatic carbocycles. The first kappa shape index (κ1) is 15.1. The monoisotopic (exact) mass is 328 g/mol. The molecule has 0 aliphatic rings. The van der Waals surface area contributed by atoms with Crippen LogP contribution in [-0.4, -0.2) is 20.2 Å². The van der Waals surface area contributed by atoms with Gasteiger partial charge < -0.3 is 10.2 Å². The van der Waals surface area contributed by atoms with Crippen molar-refractivity contribution in [3.05, 3.63) is 71.5 Å². The predicted octanol–water partition coefficient (Wildman–Crippen LogP) is 4.67. The summed E-state index contributed by atoms with van der Waals surface area (Å²) in [5.41, 5.74) is 3.72. The minimum absolute atomic E-state index is 0.169. The van der Waals surface area contributed by atoms with Gasteiger partial charge in [0, 0.05) is 16.5 Å². The Labute approximate surface area is 144 Å². The molecular weight excluding hydrogens is 312 g/mol. The molecule has 0 spiro atoms. The standard InChI is InChI=1S/C21H16N2O2/c1-13-5-11-17-14(8-12-19(25)21(17)22-13)6-9-16-10-7-15-3-2-4-18(24)20(15)23-16/h2-12,24-25H,1H3. The Morgan fingerprint density at radius 3 is 2.48 bits per heavy atom. The van der Waals surface area contributed by atoms with Crippen molar-refractivity contribution < 1.29 is 10.2 Å². The highest BCUT2D eigenvalue weighted by Gasteiger charge is 2.06. The third-order valence-electron chi connectivity index (χ3n) is 4.16. The van der Waals surface area contributed by atoms with Crippen molar-refractivity contribution in [2.45, 2.75) is 6.92 Å². The van der Waals surface area contributed by atoms with E-state index in [1.54, 1.807) is 18.2 Å². The van der Waals surface area contributed by atoms with Crippen LogP contribution >= 0.6 is 0 Å². The Morgan fingerprint density at radius 1 is 0.760 bits per heavy atom. The number of rotatable bonds is 2. The molecule has 4 heteroatoms. The summed E-state index contributed by atoms with van der Waals surface area (Å²) in [7, 11) is 0. The summed E-state index contributed by atoms with van der Waals surface area (Å²) in [5.74, 6) is 0.340. The van der Waals surface area contributed by atoms with E-state index in [1.165, 1.54) is 0 Å². The van der Waals surface area contributed by atoms with Crippen molar-refractivity contribution in [2.75, 3.05) is 0 Å². The number of pyridine rings is 2. The molecule has 25 heavy (non-hydrogen) atoms. The average molecular weight is 328 g/mol. The van der Waals surface area contributed by atoms with Gasteiger partial charge in [-0.05, 0) is 42.8 Å². The number of nitrogens with zero attached hydrogens (tertiary/aromatic N) is 2. The van der Waals surface area contributed by atoms with Crippen LogP contribution in [0.15, 0.2) is 54.6 Å². The van der Waals surface area contributed by atoms with E-state index in [-0.39, 0.29) is 11.5 Å². The van der Waals surface area contributed by atoms with Gasteiger partial charge in [-0.2, -0.15) is 0 Å². The zero-order valence-corrected chi connectivity index (χ0v) is 13.6. The maximum atomic E-state index is 10.0. The first-order valence-electron chi connectivity index (χ1n) is 7.98. The normalized spacial score (nSPS) is 11.6. The molecule has 0 saturated heterocycles. The number of para-hydroxylation sites is 1. The molecule has 0 radical (unpaired) electrons. The van der Waals surface area contributed by atoms with Crippen LogP contribution in [-0.2, 0) is 0 Å². The van der Waals surface area contributed by atoms with E-state index in [2.05, 4.69) is 9.97 Å². The van der Waals surface area contributed by atoms with Gasteiger partial charge in [0.15, 0.2) is 0 Å². The third kappa shape index (κ3) is 2.78. The maximum absolute atomic E-state index is 10.0. The van der Waals surface area contributed by atoms with Gasteiger partial charge in [-0.1, -0.05) is 36.4 Å². The van der Waals surface area contributed by atoms with Gasteiger partial charge in [-0.15, -0.1) is 0 Å². The van der Waals surface area contributed by atoms with Crippen LogP contribution in [0.25, 0.3) is 34.0 Å². The maximum Gasteiger partial charge on any atom is 0.141 e. The second-order valence-electron chi connectivity index (χ2n) is 5.94. The molecule has 2 N–H and O–H groups in total. The summed E-state index contributed by atoms with van der Waals surface area (Å²) >= 11 is 0. The van der Waals surface area contributed by atoms with Gasteiger partial charge in [-0.3, -0.25) is 0 Å². The molecule has 0 saturated carbocycles. The van der Waals surface area contributed by atoms with Crippen LogP contribution in [0.4, 0.5) is 0 Å². The highest BCUT2D eigenvalue weighted by Crippen LogP contribution is 2.28. The van der Waals surface area contributed by atoms with Crippen molar-refractivity contribution in [1.82, 2.24) is 9.97 Å². The molecular formula is C21H16N2O2. The molecule has 0 atom stereocenters. The van der Waals surface area contributed by atoms with Crippen molar-refractivity contribution in [2.24, 2.45) is 0 Å². The van der Waals surface area contributed by atoms with Crippen LogP contribution in [0.2, 0.25) is 0 Å². The molecule has 0 bridgehead atoms. The number of fused-ring (bicyclic) bond motifs is 2. The van der Waals surface area contributed by atoms with Gasteiger partial charge in [0.1, 0.15) is 22.5 Å². The van der Waals surface area contributed by atoms with Crippen LogP contribution in [0.3, 0.4) is 0 Å². The Bertz CT molecular complexity index is 1130. The molecule has 0 fully saturated rings. The fourth-order valence-corrected chi connectivity index (χ4v) is 2.88. The Hall–Kier alpha value is -3.40. The number of aromatic hydroxyl groups is 2. The van der Waals surface area contributed by atoms with E-state index in [0.717, 1.165) is 27.7 Å². The van der Waals surface area contributed by atoms with Gasteiger partial charge in [0.2, 0.25) is 0 Å². The number of hydrogen-bond acceptors (Lipinski definition) is 4. The summed E-state index contributed by atoms with van der Waals surface area (Å²) < 4.78 is 0. The van der Waals surface area contributed by atoms with Crippen molar-refractivity contribution in [3.63, 3.8) is 0 Å². The minimum atomic E-state index is 0.169. The molecule has 0 unspecified atom stereocenters. The number of phenols is 2. The Balaban J connectivity index is 1.79. The lowest BCUT2D eigenvalue weighted by atomic mass is 10.1. The van der Waals surface area contributed by atoms with E-state index in [0.29, 0.717) is 11.0 Å². The topological polar surface area (TPSA) is 66.2 Å². The number of phenolic OH excluding ortho intramolecular Hbond substituents is 2. The lowest BCUT2D eigenvalue weighted by Crippen LogP contribution is -1.87. The number of aromatic nitrogens is 2. The molecule has 2 aromatic heterocycles. The van der Waals surface area contributed by atoms with Gasteiger partial charge in [0.25, 0.3) is 0 Å². The molecule has 2 heterocycles. The fraction of sp³-hybridized carbons (Fsp3) is 0.0476. The zero-order valence-electron chi connectivity index (χ0n) is 13.6. The summed E-state index contributed by atoms with van der Waals surface area (Å²) in [6.45, 7) is 1.90. The van der Waals surface area contributed by atoms with Crippen molar-refractivity contribution >= 4 is 34.0 Å². The largest absolute Gasteiger partial charge is 0.506 e. The molecule has 4 nitrogen and oxygen atoms in total. The van der Waals surface area contributed by atoms with Gasteiger partial charge >= 0.3 is 0 Å². The molecule has 2 aromatic carbocycles. The van der Waals surface area contributed by atoms with E-state index >= 15 is 0 Å². The predicted molar refractivity (Wildman–Crippen MR) is 100 cm³/mol. The first-order chi connectivity index (χ1) is 12.1. The molecule has 0 aliphatic heterocycles. The fourth-order valence-electron chi connectivity index (χ4n) is 2.88. The Morgan fingerprint density at radius 2 is 1.60 bits per heavy atom. The summed E-state index contributed by atoms with van der Waals surface area (Å²) in [4.78, 5) is 8.91. The second kappa shape index (κ2) is 5.91. The van der Waals surface area contributed by atoms with Crippen molar-refractivity contribution in [1.29, 1.82) is 0 Å². The van der Waals surface area contributed by atoms with Gasteiger partial charge in [0.05, 0.1) is 5.69 Å². The Kier molecular flexibility index (Phi) is 3.58. The number of aryl methyl sites for hydroxylation is 1. The van der Waals surface area contributed by atoms with E-state index in [1.807, 2.05) is 55.5 Å². The van der Waals surface area contributed by atoms with Crippen LogP contribution in [0, 0.1) is 6.92 Å². The lowest BCUT2D eigenvalue weighted by Gasteiger charge is -2.05. The van der Waals surface area contributed by atoms with Crippen LogP contribution < -0.4 is 0 Å².